The zero-order valence-electron chi connectivity index (χ0n) is 14.1. The first-order valence-electron chi connectivity index (χ1n) is 8.65. The molecule has 1 atom stereocenters. The van der Waals surface area contributed by atoms with Gasteiger partial charge in [-0.15, -0.1) is 11.8 Å². The summed E-state index contributed by atoms with van der Waals surface area (Å²) in [6, 6.07) is 25.1. The fourth-order valence-corrected chi connectivity index (χ4v) is 4.54. The van der Waals surface area contributed by atoms with Crippen molar-refractivity contribution in [3.8, 4) is 11.5 Å². The van der Waals surface area contributed by atoms with Crippen molar-refractivity contribution in [3.63, 3.8) is 0 Å². The Morgan fingerprint density at radius 3 is 2.58 bits per heavy atom. The summed E-state index contributed by atoms with van der Waals surface area (Å²) in [5, 5.41) is 0.270. The molecule has 5 rings (SSSR count). The van der Waals surface area contributed by atoms with Crippen molar-refractivity contribution in [3.05, 3.63) is 83.9 Å². The van der Waals surface area contributed by atoms with Gasteiger partial charge < -0.3 is 9.47 Å². The number of nitrogens with zero attached hydrogens (tertiary/aromatic N) is 1. The summed E-state index contributed by atoms with van der Waals surface area (Å²) in [7, 11) is 0. The van der Waals surface area contributed by atoms with E-state index in [1.165, 1.54) is 16.0 Å². The number of aliphatic imine (C=N–C) groups is 1. The zero-order chi connectivity index (χ0) is 17.3. The van der Waals surface area contributed by atoms with Gasteiger partial charge in [0.05, 0.1) is 5.69 Å². The molecule has 0 bridgehead atoms. The van der Waals surface area contributed by atoms with E-state index >= 15 is 0 Å². The first-order valence-corrected chi connectivity index (χ1v) is 9.53. The number of thioether (sulfide) groups is 1. The topological polar surface area (TPSA) is 30.8 Å². The Morgan fingerprint density at radius 2 is 1.65 bits per heavy atom. The second-order valence-electron chi connectivity index (χ2n) is 6.32. The maximum atomic E-state index is 5.58. The summed E-state index contributed by atoms with van der Waals surface area (Å²) in [4.78, 5) is 6.21. The molecule has 0 saturated heterocycles. The molecular formula is C22H17NO2S. The highest BCUT2D eigenvalue weighted by Gasteiger charge is 2.24. The average Bonchev–Trinajstić information content (AvgIpc) is 3.07. The Bertz CT molecular complexity index is 984. The quantitative estimate of drug-likeness (QED) is 0.582. The summed E-state index contributed by atoms with van der Waals surface area (Å²) in [5.74, 6) is 1.66. The molecule has 2 heterocycles. The Hall–Kier alpha value is -2.72. The van der Waals surface area contributed by atoms with Crippen molar-refractivity contribution in [1.82, 2.24) is 0 Å². The SMILES string of the molecule is c1ccc(C2=Nc3ccccc3S[C@@H](c3ccc4c(c3)OCO4)C2)cc1. The predicted octanol–water partition coefficient (Wildman–Crippen LogP) is 5.77. The summed E-state index contributed by atoms with van der Waals surface area (Å²) in [6.45, 7) is 0.302. The van der Waals surface area contributed by atoms with Gasteiger partial charge in [0.15, 0.2) is 11.5 Å². The fraction of sp³-hybridized carbons (Fsp3) is 0.136. The molecule has 3 nitrogen and oxygen atoms in total. The number of benzene rings is 3. The second kappa shape index (κ2) is 6.54. The van der Waals surface area contributed by atoms with Crippen LogP contribution in [0.5, 0.6) is 11.5 Å². The fourth-order valence-electron chi connectivity index (χ4n) is 3.32. The maximum Gasteiger partial charge on any atom is 0.231 e. The summed E-state index contributed by atoms with van der Waals surface area (Å²) in [6.07, 6.45) is 0.864. The lowest BCUT2D eigenvalue weighted by Gasteiger charge is -2.16. The normalized spacial score (nSPS) is 18.0. The van der Waals surface area contributed by atoms with Gasteiger partial charge in [0.25, 0.3) is 0 Å². The molecule has 0 spiro atoms. The van der Waals surface area contributed by atoms with Crippen LogP contribution in [0.1, 0.15) is 22.8 Å². The molecule has 0 saturated carbocycles. The zero-order valence-corrected chi connectivity index (χ0v) is 14.9. The van der Waals surface area contributed by atoms with Gasteiger partial charge in [-0.2, -0.15) is 0 Å². The lowest BCUT2D eigenvalue weighted by Crippen LogP contribution is -2.05. The summed E-state index contributed by atoms with van der Waals surface area (Å²) < 4.78 is 11.0. The third kappa shape index (κ3) is 2.86. The van der Waals surface area contributed by atoms with E-state index in [4.69, 9.17) is 14.5 Å². The number of ether oxygens (including phenoxy) is 2. The van der Waals surface area contributed by atoms with Crippen LogP contribution in [0.4, 0.5) is 5.69 Å². The molecule has 0 aliphatic carbocycles. The van der Waals surface area contributed by atoms with E-state index in [1.54, 1.807) is 0 Å². The largest absolute Gasteiger partial charge is 0.454 e. The first kappa shape index (κ1) is 15.5. The van der Waals surface area contributed by atoms with Crippen LogP contribution in [0, 0.1) is 0 Å². The van der Waals surface area contributed by atoms with Gasteiger partial charge in [0, 0.05) is 22.3 Å². The molecule has 0 radical (unpaired) electrons. The van der Waals surface area contributed by atoms with Gasteiger partial charge in [0.2, 0.25) is 6.79 Å². The molecule has 0 fully saturated rings. The molecule has 2 aliphatic rings. The number of fused-ring (bicyclic) bond motifs is 2. The molecule has 0 unspecified atom stereocenters. The van der Waals surface area contributed by atoms with Crippen LogP contribution in [0.25, 0.3) is 0 Å². The molecule has 3 aromatic rings. The Morgan fingerprint density at radius 1 is 0.846 bits per heavy atom. The highest BCUT2D eigenvalue weighted by atomic mass is 32.2. The van der Waals surface area contributed by atoms with Gasteiger partial charge in [0.1, 0.15) is 0 Å². The van der Waals surface area contributed by atoms with E-state index in [0.717, 1.165) is 29.3 Å². The molecule has 0 aromatic heterocycles. The number of rotatable bonds is 2. The van der Waals surface area contributed by atoms with E-state index in [-0.39, 0.29) is 5.25 Å². The Balaban J connectivity index is 1.58. The van der Waals surface area contributed by atoms with Crippen LogP contribution >= 0.6 is 11.8 Å². The lowest BCUT2D eigenvalue weighted by molar-refractivity contribution is 0.174. The number of hydrogen-bond acceptors (Lipinski definition) is 4. The van der Waals surface area contributed by atoms with E-state index < -0.39 is 0 Å². The van der Waals surface area contributed by atoms with Crippen LogP contribution in [-0.4, -0.2) is 12.5 Å². The van der Waals surface area contributed by atoms with Crippen molar-refractivity contribution >= 4 is 23.2 Å². The van der Waals surface area contributed by atoms with Crippen molar-refractivity contribution < 1.29 is 9.47 Å². The third-order valence-corrected chi connectivity index (χ3v) is 5.97. The van der Waals surface area contributed by atoms with Gasteiger partial charge in [-0.05, 0) is 35.4 Å². The molecule has 0 N–H and O–H groups in total. The summed E-state index contributed by atoms with van der Waals surface area (Å²) >= 11 is 1.86. The maximum absolute atomic E-state index is 5.58. The van der Waals surface area contributed by atoms with E-state index in [0.29, 0.717) is 6.79 Å². The molecule has 4 heteroatoms. The van der Waals surface area contributed by atoms with E-state index in [1.807, 2.05) is 30.0 Å². The molecule has 26 heavy (non-hydrogen) atoms. The highest BCUT2D eigenvalue weighted by Crippen LogP contribution is 2.47. The van der Waals surface area contributed by atoms with Crippen LogP contribution < -0.4 is 9.47 Å². The van der Waals surface area contributed by atoms with Crippen LogP contribution in [0.3, 0.4) is 0 Å². The smallest absolute Gasteiger partial charge is 0.231 e. The van der Waals surface area contributed by atoms with Crippen LogP contribution in [-0.2, 0) is 0 Å². The standard InChI is InChI=1S/C22H17NO2S/c1-2-6-15(7-3-1)18-13-22(26-21-9-5-4-8-17(21)23-18)16-10-11-19-20(12-16)25-14-24-19/h1-12,22H,13-14H2/t22-/m1/s1. The van der Waals surface area contributed by atoms with Crippen molar-refractivity contribution in [2.45, 2.75) is 16.6 Å². The lowest BCUT2D eigenvalue weighted by atomic mass is 10.0. The molecule has 2 aliphatic heterocycles. The summed E-state index contributed by atoms with van der Waals surface area (Å²) in [5.41, 5.74) is 4.57. The number of hydrogen-bond donors (Lipinski definition) is 0. The first-order chi connectivity index (χ1) is 12.9. The van der Waals surface area contributed by atoms with Crippen molar-refractivity contribution in [2.24, 2.45) is 4.99 Å². The molecular weight excluding hydrogens is 342 g/mol. The van der Waals surface area contributed by atoms with Crippen LogP contribution in [0.15, 0.2) is 82.7 Å². The second-order valence-corrected chi connectivity index (χ2v) is 7.56. The van der Waals surface area contributed by atoms with Crippen LogP contribution in [0.2, 0.25) is 0 Å². The van der Waals surface area contributed by atoms with E-state index in [9.17, 15) is 0 Å². The van der Waals surface area contributed by atoms with Crippen molar-refractivity contribution in [1.29, 1.82) is 0 Å². The average molecular weight is 359 g/mol. The van der Waals surface area contributed by atoms with Gasteiger partial charge in [-0.1, -0.05) is 48.5 Å². The van der Waals surface area contributed by atoms with Gasteiger partial charge in [-0.25, -0.2) is 0 Å². The molecule has 3 aromatic carbocycles. The van der Waals surface area contributed by atoms with Gasteiger partial charge in [-0.3, -0.25) is 4.99 Å². The monoisotopic (exact) mass is 359 g/mol. The minimum Gasteiger partial charge on any atom is -0.454 e. The predicted molar refractivity (Wildman–Crippen MR) is 105 cm³/mol. The minimum atomic E-state index is 0.270. The third-order valence-electron chi connectivity index (χ3n) is 4.64. The Labute approximate surface area is 156 Å². The van der Waals surface area contributed by atoms with Gasteiger partial charge >= 0.3 is 0 Å². The molecule has 128 valence electrons. The highest BCUT2D eigenvalue weighted by molar-refractivity contribution is 7.99. The minimum absolute atomic E-state index is 0.270. The van der Waals surface area contributed by atoms with E-state index in [2.05, 4.69) is 54.6 Å². The molecule has 0 amide bonds. The van der Waals surface area contributed by atoms with Crippen molar-refractivity contribution in [2.75, 3.05) is 6.79 Å². The number of para-hydroxylation sites is 1. The Kier molecular flexibility index (Phi) is 3.91.